The highest BCUT2D eigenvalue weighted by Gasteiger charge is 2.67. The van der Waals surface area contributed by atoms with E-state index in [2.05, 4.69) is 9.72 Å². The molecule has 0 unspecified atom stereocenters. The number of H-pyrrole nitrogens is 1. The molecule has 1 aromatic carbocycles. The zero-order chi connectivity index (χ0) is 19.9. The Morgan fingerprint density at radius 1 is 1.08 bits per heavy atom. The maximum atomic E-state index is 13.9. The Hall–Kier alpha value is -2.72. The summed E-state index contributed by atoms with van der Waals surface area (Å²) in [5.41, 5.74) is -5.03. The summed E-state index contributed by atoms with van der Waals surface area (Å²) in [6.45, 7) is 1.14. The largest absolute Gasteiger partial charge is 0.471 e. The van der Waals surface area contributed by atoms with Crippen molar-refractivity contribution in [2.75, 3.05) is 7.11 Å². The molecule has 2 aromatic rings. The van der Waals surface area contributed by atoms with Gasteiger partial charge in [-0.15, -0.1) is 0 Å². The molecule has 11 heteroatoms. The van der Waals surface area contributed by atoms with Gasteiger partial charge in [-0.2, -0.15) is 26.3 Å². The number of nitrogens with one attached hydrogen (secondary N) is 2. The first-order chi connectivity index (χ1) is 11.9. The number of aromatic nitrogens is 1. The molecule has 0 spiro atoms. The Kier molecular flexibility index (Phi) is 4.69. The number of ether oxygens (including phenoxy) is 1. The molecular weight excluding hydrogens is 370 g/mol. The zero-order valence-electron chi connectivity index (χ0n) is 13.3. The molecule has 0 saturated heterocycles. The second-order valence-electron chi connectivity index (χ2n) is 5.36. The number of halogens is 6. The fourth-order valence-corrected chi connectivity index (χ4v) is 2.70. The summed E-state index contributed by atoms with van der Waals surface area (Å²) in [7, 11) is 0.576. The number of fused-ring (bicyclic) bond motifs is 1. The highest BCUT2D eigenvalue weighted by Crippen LogP contribution is 2.45. The number of hydrogen-bond donors (Lipinski definition) is 2. The van der Waals surface area contributed by atoms with Crippen LogP contribution in [0.15, 0.2) is 24.3 Å². The first-order valence-corrected chi connectivity index (χ1v) is 6.98. The number of benzene rings is 1. The highest BCUT2D eigenvalue weighted by molar-refractivity contribution is 5.98. The van der Waals surface area contributed by atoms with Crippen LogP contribution in [0, 0.1) is 6.92 Å². The summed E-state index contributed by atoms with van der Waals surface area (Å²) in [4.78, 5) is 26.0. The van der Waals surface area contributed by atoms with Gasteiger partial charge in [0, 0.05) is 22.2 Å². The van der Waals surface area contributed by atoms with Crippen LogP contribution < -0.4 is 5.32 Å². The lowest BCUT2D eigenvalue weighted by Gasteiger charge is -2.34. The van der Waals surface area contributed by atoms with Crippen LogP contribution in [0.3, 0.4) is 0 Å². The number of methoxy groups -OCH3 is 1. The number of aromatic amines is 1. The number of carbonyl (C=O) groups excluding carboxylic acids is 2. The molecule has 0 bridgehead atoms. The molecule has 2 N–H and O–H groups in total. The third-order valence-electron chi connectivity index (χ3n) is 3.74. The van der Waals surface area contributed by atoms with Gasteiger partial charge in [-0.25, -0.2) is 4.79 Å². The topological polar surface area (TPSA) is 71.2 Å². The Labute approximate surface area is 142 Å². The van der Waals surface area contributed by atoms with Gasteiger partial charge in [-0.05, 0) is 13.0 Å². The average molecular weight is 382 g/mol. The number of alkyl halides is 6. The summed E-state index contributed by atoms with van der Waals surface area (Å²) in [6, 6.07) is 5.36. The molecular formula is C15H12F6N2O3. The molecule has 0 aliphatic heterocycles. The summed E-state index contributed by atoms with van der Waals surface area (Å²) < 4.78 is 83.9. The fourth-order valence-electron chi connectivity index (χ4n) is 2.70. The van der Waals surface area contributed by atoms with Crippen LogP contribution in [-0.2, 0) is 19.9 Å². The van der Waals surface area contributed by atoms with Crippen LogP contribution in [0.1, 0.15) is 11.3 Å². The van der Waals surface area contributed by atoms with E-state index in [9.17, 15) is 35.9 Å². The summed E-state index contributed by atoms with van der Waals surface area (Å²) >= 11 is 0. The predicted octanol–water partition coefficient (Wildman–Crippen LogP) is 3.09. The van der Waals surface area contributed by atoms with Crippen LogP contribution in [0.4, 0.5) is 26.3 Å². The second kappa shape index (κ2) is 6.22. The summed E-state index contributed by atoms with van der Waals surface area (Å²) in [5.74, 6) is -5.03. The molecule has 0 fully saturated rings. The van der Waals surface area contributed by atoms with Gasteiger partial charge in [0.1, 0.15) is 0 Å². The SMILES string of the molecule is COC(=O)[C@](NC(=O)C(F)(F)F)(c1c(C)[nH]c2ccccc12)C(F)(F)F. The Balaban J connectivity index is 2.88. The second-order valence-corrected chi connectivity index (χ2v) is 5.36. The van der Waals surface area contributed by atoms with Gasteiger partial charge in [0.05, 0.1) is 7.11 Å². The van der Waals surface area contributed by atoms with Crippen molar-refractivity contribution in [3.05, 3.63) is 35.5 Å². The zero-order valence-corrected chi connectivity index (χ0v) is 13.3. The minimum absolute atomic E-state index is 0.138. The maximum Gasteiger partial charge on any atom is 0.471 e. The number of amides is 1. The van der Waals surface area contributed by atoms with Gasteiger partial charge in [-0.1, -0.05) is 18.2 Å². The van der Waals surface area contributed by atoms with Crippen LogP contribution in [0.25, 0.3) is 10.9 Å². The predicted molar refractivity (Wildman–Crippen MR) is 77.0 cm³/mol. The van der Waals surface area contributed by atoms with Gasteiger partial charge in [0.2, 0.25) is 0 Å². The van der Waals surface area contributed by atoms with E-state index >= 15 is 0 Å². The normalized spacial score (nSPS) is 14.8. The number of aryl methyl sites for hydroxylation is 1. The average Bonchev–Trinajstić information content (AvgIpc) is 2.85. The summed E-state index contributed by atoms with van der Waals surface area (Å²) in [5, 5.41) is 0.628. The molecule has 0 aliphatic rings. The summed E-state index contributed by atoms with van der Waals surface area (Å²) in [6.07, 6.45) is -11.3. The quantitative estimate of drug-likeness (QED) is 0.633. The van der Waals surface area contributed by atoms with Crippen LogP contribution in [-0.4, -0.2) is 36.3 Å². The maximum absolute atomic E-state index is 13.9. The number of para-hydroxylation sites is 1. The molecule has 0 saturated carbocycles. The van der Waals surface area contributed by atoms with Crippen LogP contribution in [0.2, 0.25) is 0 Å². The number of esters is 1. The molecule has 142 valence electrons. The van der Waals surface area contributed by atoms with E-state index in [1.165, 1.54) is 24.3 Å². The van der Waals surface area contributed by atoms with E-state index in [0.717, 1.165) is 12.2 Å². The Bertz CT molecular complexity index is 855. The van der Waals surface area contributed by atoms with Crippen LogP contribution in [0.5, 0.6) is 0 Å². The van der Waals surface area contributed by atoms with Crippen molar-refractivity contribution >= 4 is 22.8 Å². The molecule has 2 rings (SSSR count). The molecule has 0 radical (unpaired) electrons. The number of rotatable bonds is 3. The van der Waals surface area contributed by atoms with Gasteiger partial charge in [0.15, 0.2) is 0 Å². The number of hydrogen-bond acceptors (Lipinski definition) is 3. The molecule has 1 amide bonds. The van der Waals surface area contributed by atoms with Crippen molar-refractivity contribution in [2.45, 2.75) is 24.8 Å². The van der Waals surface area contributed by atoms with E-state index < -0.39 is 35.3 Å². The van der Waals surface area contributed by atoms with Crippen molar-refractivity contribution in [1.82, 2.24) is 10.3 Å². The van der Waals surface area contributed by atoms with E-state index in [-0.39, 0.29) is 16.6 Å². The van der Waals surface area contributed by atoms with E-state index in [0.29, 0.717) is 7.11 Å². The Morgan fingerprint density at radius 2 is 1.65 bits per heavy atom. The van der Waals surface area contributed by atoms with Crippen molar-refractivity contribution in [2.24, 2.45) is 0 Å². The van der Waals surface area contributed by atoms with Gasteiger partial charge in [-0.3, -0.25) is 4.79 Å². The Morgan fingerprint density at radius 3 is 2.15 bits per heavy atom. The number of carbonyl (C=O) groups is 2. The van der Waals surface area contributed by atoms with Gasteiger partial charge >= 0.3 is 24.2 Å². The fraction of sp³-hybridized carbons (Fsp3) is 0.333. The first-order valence-electron chi connectivity index (χ1n) is 6.98. The third-order valence-corrected chi connectivity index (χ3v) is 3.74. The first kappa shape index (κ1) is 19.6. The molecule has 26 heavy (non-hydrogen) atoms. The van der Waals surface area contributed by atoms with Crippen molar-refractivity contribution in [3.63, 3.8) is 0 Å². The lowest BCUT2D eigenvalue weighted by molar-refractivity contribution is -0.222. The molecule has 1 heterocycles. The highest BCUT2D eigenvalue weighted by atomic mass is 19.4. The van der Waals surface area contributed by atoms with Crippen molar-refractivity contribution < 1.29 is 40.7 Å². The lowest BCUT2D eigenvalue weighted by atomic mass is 9.86. The van der Waals surface area contributed by atoms with E-state index in [4.69, 9.17) is 0 Å². The molecule has 1 aromatic heterocycles. The smallest absolute Gasteiger partial charge is 0.467 e. The van der Waals surface area contributed by atoms with Crippen molar-refractivity contribution in [1.29, 1.82) is 0 Å². The van der Waals surface area contributed by atoms with Crippen LogP contribution >= 0.6 is 0 Å². The minimum Gasteiger partial charge on any atom is -0.467 e. The molecule has 5 nitrogen and oxygen atoms in total. The molecule has 1 atom stereocenters. The standard InChI is InChI=1S/C15H12F6N2O3/c1-7-10(8-5-3-4-6-9(8)22-7)13(12(25)26-2,15(19,20)21)23-11(24)14(16,17)18/h3-6,22H,1-2H3,(H,23,24)/t13-/m1/s1. The van der Waals surface area contributed by atoms with E-state index in [1.54, 1.807) is 0 Å². The van der Waals surface area contributed by atoms with Gasteiger partial charge < -0.3 is 15.0 Å². The minimum atomic E-state index is -5.65. The monoisotopic (exact) mass is 382 g/mol. The van der Waals surface area contributed by atoms with Crippen molar-refractivity contribution in [3.8, 4) is 0 Å². The lowest BCUT2D eigenvalue weighted by Crippen LogP contribution is -2.63. The van der Waals surface area contributed by atoms with E-state index in [1.807, 2.05) is 0 Å². The third kappa shape index (κ3) is 2.97. The van der Waals surface area contributed by atoms with Gasteiger partial charge in [0.25, 0.3) is 5.54 Å². The molecule has 0 aliphatic carbocycles.